The lowest BCUT2D eigenvalue weighted by atomic mass is 10.2. The Hall–Kier alpha value is -1.45. The average molecular weight is 426 g/mol. The highest BCUT2D eigenvalue weighted by Crippen LogP contribution is 2.26. The zero-order valence-corrected chi connectivity index (χ0v) is 16.5. The van der Waals surface area contributed by atoms with Crippen LogP contribution in [-0.4, -0.2) is 44.1 Å². The third-order valence-electron chi connectivity index (χ3n) is 3.93. The van der Waals surface area contributed by atoms with Gasteiger partial charge in [0.2, 0.25) is 11.1 Å². The number of anilines is 1. The van der Waals surface area contributed by atoms with Crippen LogP contribution in [0.25, 0.3) is 0 Å². The van der Waals surface area contributed by atoms with Crippen LogP contribution in [0.1, 0.15) is 25.3 Å². The standard InChI is InChI=1S/C16H20BrN5O2S/c1-10-5-6-14(13(17)8-10)18-15(23)11(2)25-16-19-20-21-22(16)9-12-4-3-7-24-12/h5-6,8,11-12H,3-4,7,9H2,1-2H3,(H,18,23)/t11-,12-/m0/s1. The van der Waals surface area contributed by atoms with Crippen LogP contribution in [0.4, 0.5) is 5.69 Å². The van der Waals surface area contributed by atoms with E-state index in [0.29, 0.717) is 11.7 Å². The molecule has 2 atom stereocenters. The summed E-state index contributed by atoms with van der Waals surface area (Å²) in [6, 6.07) is 5.81. The number of benzene rings is 1. The second kappa shape index (κ2) is 8.29. The first-order valence-electron chi connectivity index (χ1n) is 8.14. The molecule has 1 saturated heterocycles. The van der Waals surface area contributed by atoms with Crippen molar-refractivity contribution in [2.24, 2.45) is 0 Å². The molecule has 1 aromatic heterocycles. The third kappa shape index (κ3) is 4.80. The maximum atomic E-state index is 12.5. The molecule has 3 rings (SSSR count). The highest BCUT2D eigenvalue weighted by molar-refractivity contribution is 9.10. The predicted octanol–water partition coefficient (Wildman–Crippen LogP) is 3.04. The molecule has 25 heavy (non-hydrogen) atoms. The maximum Gasteiger partial charge on any atom is 0.237 e. The highest BCUT2D eigenvalue weighted by atomic mass is 79.9. The van der Waals surface area contributed by atoms with Gasteiger partial charge in [-0.25, -0.2) is 4.68 Å². The monoisotopic (exact) mass is 425 g/mol. The van der Waals surface area contributed by atoms with E-state index in [2.05, 4.69) is 36.8 Å². The first-order valence-corrected chi connectivity index (χ1v) is 9.81. The molecule has 0 bridgehead atoms. The van der Waals surface area contributed by atoms with E-state index < -0.39 is 0 Å². The molecule has 1 aromatic carbocycles. The van der Waals surface area contributed by atoms with Crippen molar-refractivity contribution in [2.45, 2.75) is 49.7 Å². The van der Waals surface area contributed by atoms with Crippen molar-refractivity contribution in [3.63, 3.8) is 0 Å². The topological polar surface area (TPSA) is 81.9 Å². The van der Waals surface area contributed by atoms with Crippen LogP contribution in [0.5, 0.6) is 0 Å². The van der Waals surface area contributed by atoms with Gasteiger partial charge in [0.25, 0.3) is 0 Å². The summed E-state index contributed by atoms with van der Waals surface area (Å²) in [7, 11) is 0. The maximum absolute atomic E-state index is 12.5. The summed E-state index contributed by atoms with van der Waals surface area (Å²) in [4.78, 5) is 12.5. The largest absolute Gasteiger partial charge is 0.376 e. The first-order chi connectivity index (χ1) is 12.0. The summed E-state index contributed by atoms with van der Waals surface area (Å²) in [5, 5.41) is 15.0. The van der Waals surface area contributed by atoms with Gasteiger partial charge in [0.15, 0.2) is 0 Å². The zero-order chi connectivity index (χ0) is 17.8. The number of rotatable bonds is 6. The number of carbonyl (C=O) groups is 1. The zero-order valence-electron chi connectivity index (χ0n) is 14.1. The minimum absolute atomic E-state index is 0.0961. The van der Waals surface area contributed by atoms with Crippen molar-refractivity contribution in [1.82, 2.24) is 20.2 Å². The molecule has 2 aromatic rings. The van der Waals surface area contributed by atoms with E-state index in [1.807, 2.05) is 32.0 Å². The van der Waals surface area contributed by atoms with E-state index >= 15 is 0 Å². The third-order valence-corrected chi connectivity index (χ3v) is 5.66. The summed E-state index contributed by atoms with van der Waals surface area (Å²) in [6.07, 6.45) is 2.23. The van der Waals surface area contributed by atoms with Crippen molar-refractivity contribution >= 4 is 39.3 Å². The first kappa shape index (κ1) is 18.3. The van der Waals surface area contributed by atoms with Gasteiger partial charge in [0, 0.05) is 11.1 Å². The van der Waals surface area contributed by atoms with Crippen LogP contribution in [0, 0.1) is 6.92 Å². The van der Waals surface area contributed by atoms with Gasteiger partial charge in [-0.3, -0.25) is 4.79 Å². The molecule has 0 saturated carbocycles. The molecule has 0 radical (unpaired) electrons. The fourth-order valence-corrected chi connectivity index (χ4v) is 3.94. The predicted molar refractivity (Wildman–Crippen MR) is 99.6 cm³/mol. The Bertz CT molecular complexity index is 748. The van der Waals surface area contributed by atoms with E-state index in [1.54, 1.807) is 4.68 Å². The van der Waals surface area contributed by atoms with E-state index in [-0.39, 0.29) is 17.3 Å². The van der Waals surface area contributed by atoms with Gasteiger partial charge in [-0.1, -0.05) is 17.8 Å². The lowest BCUT2D eigenvalue weighted by Crippen LogP contribution is -2.24. The molecule has 0 spiro atoms. The fourth-order valence-electron chi connectivity index (χ4n) is 2.54. The van der Waals surface area contributed by atoms with Crippen LogP contribution < -0.4 is 5.32 Å². The molecule has 2 heterocycles. The minimum Gasteiger partial charge on any atom is -0.376 e. The molecule has 0 aliphatic carbocycles. The van der Waals surface area contributed by atoms with Gasteiger partial charge in [-0.05, 0) is 70.7 Å². The summed E-state index contributed by atoms with van der Waals surface area (Å²) >= 11 is 4.81. The number of carbonyl (C=O) groups excluding carboxylic acids is 1. The highest BCUT2D eigenvalue weighted by Gasteiger charge is 2.22. The van der Waals surface area contributed by atoms with Crippen molar-refractivity contribution in [2.75, 3.05) is 11.9 Å². The van der Waals surface area contributed by atoms with Crippen LogP contribution in [0.2, 0.25) is 0 Å². The Morgan fingerprint density at radius 2 is 2.40 bits per heavy atom. The van der Waals surface area contributed by atoms with Gasteiger partial charge < -0.3 is 10.1 Å². The summed E-state index contributed by atoms with van der Waals surface area (Å²) in [5.74, 6) is -0.0961. The van der Waals surface area contributed by atoms with E-state index in [4.69, 9.17) is 4.74 Å². The Morgan fingerprint density at radius 1 is 1.56 bits per heavy atom. The fraction of sp³-hybridized carbons (Fsp3) is 0.500. The number of halogens is 1. The number of nitrogens with one attached hydrogen (secondary N) is 1. The molecule has 1 aliphatic heterocycles. The van der Waals surface area contributed by atoms with E-state index in [0.717, 1.165) is 35.2 Å². The summed E-state index contributed by atoms with van der Waals surface area (Å²) < 4.78 is 8.20. The second-order valence-electron chi connectivity index (χ2n) is 6.01. The van der Waals surface area contributed by atoms with Crippen LogP contribution in [0.3, 0.4) is 0 Å². The molecule has 134 valence electrons. The Morgan fingerprint density at radius 3 is 3.12 bits per heavy atom. The average Bonchev–Trinajstić information content (AvgIpc) is 3.23. The molecule has 1 amide bonds. The second-order valence-corrected chi connectivity index (χ2v) is 8.17. The number of ether oxygens (including phenoxy) is 1. The quantitative estimate of drug-likeness (QED) is 0.716. The summed E-state index contributed by atoms with van der Waals surface area (Å²) in [6.45, 7) is 5.25. The lowest BCUT2D eigenvalue weighted by molar-refractivity contribution is -0.115. The van der Waals surface area contributed by atoms with E-state index in [9.17, 15) is 4.79 Å². The number of hydrogen-bond acceptors (Lipinski definition) is 6. The molecule has 0 unspecified atom stereocenters. The van der Waals surface area contributed by atoms with Gasteiger partial charge in [-0.2, -0.15) is 0 Å². The molecule has 1 aliphatic rings. The Labute approximate surface area is 159 Å². The van der Waals surface area contributed by atoms with Gasteiger partial charge in [0.05, 0.1) is 23.6 Å². The number of aromatic nitrogens is 4. The van der Waals surface area contributed by atoms with Crippen LogP contribution >= 0.6 is 27.7 Å². The Kier molecular flexibility index (Phi) is 6.08. The smallest absolute Gasteiger partial charge is 0.237 e. The minimum atomic E-state index is -0.331. The molecular weight excluding hydrogens is 406 g/mol. The van der Waals surface area contributed by atoms with Crippen molar-refractivity contribution < 1.29 is 9.53 Å². The SMILES string of the molecule is Cc1ccc(NC(=O)[C@H](C)Sc2nnnn2C[C@@H]2CCCO2)c(Br)c1. The Balaban J connectivity index is 1.60. The molecular formula is C16H20BrN5O2S. The molecule has 7 nitrogen and oxygen atoms in total. The molecule has 9 heteroatoms. The van der Waals surface area contributed by atoms with Gasteiger partial charge >= 0.3 is 0 Å². The molecule has 1 N–H and O–H groups in total. The molecule has 1 fully saturated rings. The van der Waals surface area contributed by atoms with Crippen LogP contribution in [0.15, 0.2) is 27.8 Å². The summed E-state index contributed by atoms with van der Waals surface area (Å²) in [5.41, 5.74) is 1.88. The van der Waals surface area contributed by atoms with E-state index in [1.165, 1.54) is 11.8 Å². The van der Waals surface area contributed by atoms with Gasteiger partial charge in [-0.15, -0.1) is 5.10 Å². The number of thioether (sulfide) groups is 1. The number of aryl methyl sites for hydroxylation is 1. The van der Waals surface area contributed by atoms with Gasteiger partial charge in [0.1, 0.15) is 0 Å². The van der Waals surface area contributed by atoms with Crippen molar-refractivity contribution in [3.8, 4) is 0 Å². The number of amides is 1. The number of hydrogen-bond donors (Lipinski definition) is 1. The normalized spacial score (nSPS) is 18.3. The lowest BCUT2D eigenvalue weighted by Gasteiger charge is -2.14. The number of nitrogens with zero attached hydrogens (tertiary/aromatic N) is 4. The van der Waals surface area contributed by atoms with Crippen LogP contribution in [-0.2, 0) is 16.1 Å². The van der Waals surface area contributed by atoms with Crippen molar-refractivity contribution in [3.05, 3.63) is 28.2 Å². The van der Waals surface area contributed by atoms with Crippen molar-refractivity contribution in [1.29, 1.82) is 0 Å². The number of tetrazole rings is 1.